The Morgan fingerprint density at radius 2 is 1.68 bits per heavy atom. The Kier molecular flexibility index (Phi) is 9.74. The van der Waals surface area contributed by atoms with Crippen molar-refractivity contribution >= 4 is 17.6 Å². The number of halogens is 1. The molecule has 0 unspecified atom stereocenters. The molecule has 3 aromatic carbocycles. The monoisotopic (exact) mass is 604 g/mol. The third-order valence-corrected chi connectivity index (χ3v) is 7.68. The molecule has 236 valence electrons. The first-order valence-corrected chi connectivity index (χ1v) is 15.1. The van der Waals surface area contributed by atoms with E-state index >= 15 is 4.39 Å². The van der Waals surface area contributed by atoms with Gasteiger partial charge in [0.15, 0.2) is 11.6 Å². The molecule has 4 rings (SSSR count). The lowest BCUT2D eigenvalue weighted by Gasteiger charge is -2.33. The number of carbonyl (C=O) groups is 2. The first-order chi connectivity index (χ1) is 20.6. The minimum Gasteiger partial charge on any atom is -0.497 e. The van der Waals surface area contributed by atoms with E-state index in [1.54, 1.807) is 31.9 Å². The highest BCUT2D eigenvalue weighted by molar-refractivity contribution is 6.07. The SMILES string of the molecule is COc1ccc([C@@H]2CCc3cc(OC(=O)C(C)(C)C)ccc3C2)c(N(C(=O)c2ccc(OCC(C)(C)N)c(F)c2)C(C)C)c1. The van der Waals surface area contributed by atoms with Crippen molar-refractivity contribution in [3.05, 3.63) is 82.7 Å². The molecule has 0 bridgehead atoms. The summed E-state index contributed by atoms with van der Waals surface area (Å²) in [5.74, 6) is 0.158. The Balaban J connectivity index is 1.63. The van der Waals surface area contributed by atoms with Crippen LogP contribution in [0.4, 0.5) is 10.1 Å². The zero-order valence-corrected chi connectivity index (χ0v) is 27.1. The first-order valence-electron chi connectivity index (χ1n) is 15.1. The Bertz CT molecular complexity index is 1520. The number of aryl methyl sites for hydroxylation is 1. The van der Waals surface area contributed by atoms with Gasteiger partial charge in [-0.3, -0.25) is 9.59 Å². The molecule has 0 radical (unpaired) electrons. The highest BCUT2D eigenvalue weighted by Crippen LogP contribution is 2.41. The molecule has 1 aliphatic carbocycles. The van der Waals surface area contributed by atoms with E-state index in [0.717, 1.165) is 36.1 Å². The predicted molar refractivity (Wildman–Crippen MR) is 171 cm³/mol. The van der Waals surface area contributed by atoms with Crippen molar-refractivity contribution in [1.82, 2.24) is 0 Å². The van der Waals surface area contributed by atoms with Gasteiger partial charge in [-0.1, -0.05) is 12.1 Å². The fraction of sp³-hybridized carbons (Fsp3) is 0.444. The molecular weight excluding hydrogens is 559 g/mol. The highest BCUT2D eigenvalue weighted by Gasteiger charge is 2.30. The Hall–Kier alpha value is -3.91. The van der Waals surface area contributed by atoms with E-state index in [4.69, 9.17) is 19.9 Å². The standard InChI is InChI=1S/C36H45FN2O5/c1-22(2)39(33(40)26-12-16-32(30(37)19-26)43-21-36(6,7)38)31-20-27(42-8)14-15-29(31)25-10-9-24-18-28(13-11-23(24)17-25)44-34(41)35(3,4)5/h11-16,18-20,22,25H,9-10,17,21,38H2,1-8H3/t25-/m1/s1. The van der Waals surface area contributed by atoms with Crippen LogP contribution >= 0.6 is 0 Å². The number of amides is 1. The van der Waals surface area contributed by atoms with Crippen LogP contribution < -0.4 is 24.8 Å². The molecule has 2 N–H and O–H groups in total. The van der Waals surface area contributed by atoms with Gasteiger partial charge >= 0.3 is 5.97 Å². The summed E-state index contributed by atoms with van der Waals surface area (Å²) in [6.07, 6.45) is 2.41. The van der Waals surface area contributed by atoms with Crippen LogP contribution in [0.5, 0.6) is 17.2 Å². The van der Waals surface area contributed by atoms with E-state index in [-0.39, 0.29) is 41.8 Å². The van der Waals surface area contributed by atoms with Gasteiger partial charge in [0.05, 0.1) is 18.2 Å². The maximum atomic E-state index is 15.1. The minimum absolute atomic E-state index is 0.0513. The molecule has 0 fully saturated rings. The number of rotatable bonds is 9. The summed E-state index contributed by atoms with van der Waals surface area (Å²) < 4.78 is 31.8. The number of nitrogens with zero attached hydrogens (tertiary/aromatic N) is 1. The zero-order chi connectivity index (χ0) is 32.4. The summed E-state index contributed by atoms with van der Waals surface area (Å²) >= 11 is 0. The highest BCUT2D eigenvalue weighted by atomic mass is 19.1. The average molecular weight is 605 g/mol. The van der Waals surface area contributed by atoms with Crippen molar-refractivity contribution in [2.24, 2.45) is 11.1 Å². The topological polar surface area (TPSA) is 91.1 Å². The van der Waals surface area contributed by atoms with Crippen molar-refractivity contribution in [3.8, 4) is 17.2 Å². The predicted octanol–water partition coefficient (Wildman–Crippen LogP) is 7.23. The maximum Gasteiger partial charge on any atom is 0.316 e. The van der Waals surface area contributed by atoms with Crippen LogP contribution in [0.3, 0.4) is 0 Å². The van der Waals surface area contributed by atoms with Gasteiger partial charge in [0.1, 0.15) is 18.1 Å². The zero-order valence-electron chi connectivity index (χ0n) is 27.1. The van der Waals surface area contributed by atoms with Gasteiger partial charge in [-0.2, -0.15) is 0 Å². The molecule has 0 saturated heterocycles. The fourth-order valence-corrected chi connectivity index (χ4v) is 5.30. The van der Waals surface area contributed by atoms with E-state index in [2.05, 4.69) is 0 Å². The van der Waals surface area contributed by atoms with E-state index in [1.807, 2.05) is 71.0 Å². The van der Waals surface area contributed by atoms with Gasteiger partial charge < -0.3 is 24.8 Å². The number of esters is 1. The number of hydrogen-bond acceptors (Lipinski definition) is 6. The molecule has 0 spiro atoms. The minimum atomic E-state index is -0.626. The molecule has 0 aromatic heterocycles. The van der Waals surface area contributed by atoms with Crippen molar-refractivity contribution in [1.29, 1.82) is 0 Å². The molecule has 0 heterocycles. The second-order valence-electron chi connectivity index (χ2n) is 13.6. The van der Waals surface area contributed by atoms with E-state index in [0.29, 0.717) is 11.5 Å². The van der Waals surface area contributed by atoms with Crippen molar-refractivity contribution in [2.75, 3.05) is 18.6 Å². The molecule has 1 aliphatic rings. The smallest absolute Gasteiger partial charge is 0.316 e. The molecule has 3 aromatic rings. The number of nitrogens with two attached hydrogens (primary N) is 1. The van der Waals surface area contributed by atoms with Crippen LogP contribution in [0.15, 0.2) is 54.6 Å². The van der Waals surface area contributed by atoms with Crippen LogP contribution in [-0.2, 0) is 17.6 Å². The number of fused-ring (bicyclic) bond motifs is 1. The second kappa shape index (κ2) is 13.0. The Morgan fingerprint density at radius 3 is 2.30 bits per heavy atom. The fourth-order valence-electron chi connectivity index (χ4n) is 5.30. The van der Waals surface area contributed by atoms with Crippen LogP contribution in [-0.4, -0.2) is 37.2 Å². The number of hydrogen-bond donors (Lipinski definition) is 1. The molecule has 0 saturated carbocycles. The van der Waals surface area contributed by atoms with Gasteiger partial charge in [-0.15, -0.1) is 0 Å². The molecular formula is C36H45FN2O5. The lowest BCUT2D eigenvalue weighted by molar-refractivity contribution is -0.143. The Labute approximate surface area is 260 Å². The van der Waals surface area contributed by atoms with Crippen LogP contribution in [0.1, 0.15) is 87.9 Å². The van der Waals surface area contributed by atoms with Crippen molar-refractivity contribution < 1.29 is 28.2 Å². The van der Waals surface area contributed by atoms with Gasteiger partial charge in [0.2, 0.25) is 0 Å². The van der Waals surface area contributed by atoms with Crippen molar-refractivity contribution in [3.63, 3.8) is 0 Å². The van der Waals surface area contributed by atoms with E-state index in [9.17, 15) is 9.59 Å². The number of ether oxygens (including phenoxy) is 3. The molecule has 1 amide bonds. The maximum absolute atomic E-state index is 15.1. The number of benzene rings is 3. The average Bonchev–Trinajstić information content (AvgIpc) is 2.95. The molecule has 8 heteroatoms. The van der Waals surface area contributed by atoms with E-state index in [1.165, 1.54) is 17.7 Å². The van der Waals surface area contributed by atoms with Gasteiger partial charge in [0.25, 0.3) is 5.91 Å². The van der Waals surface area contributed by atoms with Gasteiger partial charge in [0, 0.05) is 23.2 Å². The van der Waals surface area contributed by atoms with Crippen LogP contribution in [0.2, 0.25) is 0 Å². The quantitative estimate of drug-likeness (QED) is 0.205. The van der Waals surface area contributed by atoms with Crippen LogP contribution in [0.25, 0.3) is 0 Å². The third kappa shape index (κ3) is 7.78. The normalized spacial score (nSPS) is 15.0. The number of methoxy groups -OCH3 is 1. The molecule has 1 atom stereocenters. The number of anilines is 1. The molecule has 7 nitrogen and oxygen atoms in total. The summed E-state index contributed by atoms with van der Waals surface area (Å²) in [6.45, 7) is 13.1. The number of carbonyl (C=O) groups excluding carboxylic acids is 2. The Morgan fingerprint density at radius 1 is 0.977 bits per heavy atom. The summed E-state index contributed by atoms with van der Waals surface area (Å²) in [5, 5.41) is 0. The van der Waals surface area contributed by atoms with Crippen LogP contribution in [0, 0.1) is 11.2 Å². The summed E-state index contributed by atoms with van der Waals surface area (Å²) in [5.41, 5.74) is 9.07. The summed E-state index contributed by atoms with van der Waals surface area (Å²) in [7, 11) is 1.60. The molecule has 44 heavy (non-hydrogen) atoms. The lowest BCUT2D eigenvalue weighted by Crippen LogP contribution is -2.39. The van der Waals surface area contributed by atoms with Crippen molar-refractivity contribution in [2.45, 2.75) is 85.2 Å². The van der Waals surface area contributed by atoms with E-state index < -0.39 is 16.8 Å². The lowest BCUT2D eigenvalue weighted by atomic mass is 9.79. The first kappa shape index (κ1) is 33.0. The third-order valence-electron chi connectivity index (χ3n) is 7.68. The molecule has 0 aliphatic heterocycles. The summed E-state index contributed by atoms with van der Waals surface area (Å²) in [6, 6.07) is 15.7. The largest absolute Gasteiger partial charge is 0.497 e. The van der Waals surface area contributed by atoms with Gasteiger partial charge in [-0.25, -0.2) is 4.39 Å². The summed E-state index contributed by atoms with van der Waals surface area (Å²) in [4.78, 5) is 28.1. The second-order valence-corrected chi connectivity index (χ2v) is 13.6. The van der Waals surface area contributed by atoms with Gasteiger partial charge in [-0.05, 0) is 127 Å².